The van der Waals surface area contributed by atoms with E-state index in [0.29, 0.717) is 5.75 Å². The number of carbonyl (C=O) groups excluding carboxylic acids is 1. The minimum absolute atomic E-state index is 0.320. The lowest BCUT2D eigenvalue weighted by Gasteiger charge is -2.13. The van der Waals surface area contributed by atoms with Gasteiger partial charge in [-0.05, 0) is 25.0 Å². The molecule has 1 amide bonds. The van der Waals surface area contributed by atoms with Crippen LogP contribution in [-0.4, -0.2) is 28.8 Å². The zero-order chi connectivity index (χ0) is 14.4. The lowest BCUT2D eigenvalue weighted by molar-refractivity contribution is -0.140. The molecule has 2 N–H and O–H groups in total. The molecule has 1 aromatic carbocycles. The Morgan fingerprint density at radius 3 is 2.63 bits per heavy atom. The third-order valence-electron chi connectivity index (χ3n) is 2.72. The SMILES string of the molecule is CC(=O)N[C@@H](CSCc1cc(C)ccc1C)C(=O)O. The summed E-state index contributed by atoms with van der Waals surface area (Å²) < 4.78 is 0. The van der Waals surface area contributed by atoms with Crippen LogP contribution in [0.25, 0.3) is 0 Å². The second-order valence-corrected chi connectivity index (χ2v) is 5.57. The van der Waals surface area contributed by atoms with Gasteiger partial charge in [-0.25, -0.2) is 4.79 Å². The number of aryl methyl sites for hydroxylation is 2. The molecule has 0 saturated heterocycles. The second kappa shape index (κ2) is 7.19. The summed E-state index contributed by atoms with van der Waals surface area (Å²) in [6, 6.07) is 5.40. The number of nitrogens with one attached hydrogen (secondary N) is 1. The summed E-state index contributed by atoms with van der Waals surface area (Å²) in [5.41, 5.74) is 3.60. The molecule has 0 aliphatic heterocycles. The molecule has 0 unspecified atom stereocenters. The minimum atomic E-state index is -0.997. The fourth-order valence-corrected chi connectivity index (χ4v) is 2.77. The zero-order valence-electron chi connectivity index (χ0n) is 11.4. The first-order valence-electron chi connectivity index (χ1n) is 6.04. The van der Waals surface area contributed by atoms with Crippen LogP contribution in [0.4, 0.5) is 0 Å². The number of hydrogen-bond acceptors (Lipinski definition) is 3. The Kier molecular flexibility index (Phi) is 5.89. The molecule has 4 nitrogen and oxygen atoms in total. The molecule has 0 aromatic heterocycles. The van der Waals surface area contributed by atoms with Gasteiger partial charge in [-0.3, -0.25) is 4.79 Å². The molecule has 1 aromatic rings. The second-order valence-electron chi connectivity index (χ2n) is 4.54. The van der Waals surface area contributed by atoms with Gasteiger partial charge in [0.15, 0.2) is 0 Å². The number of benzene rings is 1. The maximum atomic E-state index is 11.0. The Bertz CT molecular complexity index is 474. The quantitative estimate of drug-likeness (QED) is 0.838. The van der Waals surface area contributed by atoms with Crippen molar-refractivity contribution in [1.29, 1.82) is 0 Å². The van der Waals surface area contributed by atoms with Crippen LogP contribution in [0.1, 0.15) is 23.6 Å². The molecule has 0 heterocycles. The van der Waals surface area contributed by atoms with Crippen molar-refractivity contribution in [2.75, 3.05) is 5.75 Å². The number of carboxylic acid groups (broad SMARTS) is 1. The highest BCUT2D eigenvalue weighted by Crippen LogP contribution is 2.18. The number of amides is 1. The van der Waals surface area contributed by atoms with Crippen molar-refractivity contribution in [2.45, 2.75) is 32.6 Å². The van der Waals surface area contributed by atoms with Crippen LogP contribution in [0.3, 0.4) is 0 Å². The lowest BCUT2D eigenvalue weighted by atomic mass is 10.1. The van der Waals surface area contributed by atoms with Crippen LogP contribution in [0.15, 0.2) is 18.2 Å². The van der Waals surface area contributed by atoms with E-state index < -0.39 is 12.0 Å². The van der Waals surface area contributed by atoms with E-state index in [1.165, 1.54) is 35.4 Å². The average molecular weight is 281 g/mol. The Labute approximate surface area is 117 Å². The van der Waals surface area contributed by atoms with E-state index in [1.54, 1.807) is 0 Å². The Morgan fingerprint density at radius 1 is 1.37 bits per heavy atom. The highest BCUT2D eigenvalue weighted by Gasteiger charge is 2.18. The van der Waals surface area contributed by atoms with Crippen molar-refractivity contribution in [3.63, 3.8) is 0 Å². The van der Waals surface area contributed by atoms with E-state index in [4.69, 9.17) is 5.11 Å². The van der Waals surface area contributed by atoms with Gasteiger partial charge in [-0.15, -0.1) is 0 Å². The summed E-state index contributed by atoms with van der Waals surface area (Å²) >= 11 is 1.51. The van der Waals surface area contributed by atoms with Crippen LogP contribution in [0.2, 0.25) is 0 Å². The molecule has 104 valence electrons. The number of rotatable bonds is 6. The van der Waals surface area contributed by atoms with Gasteiger partial charge in [0, 0.05) is 18.4 Å². The third kappa shape index (κ3) is 5.34. The number of carboxylic acids is 1. The van der Waals surface area contributed by atoms with Crippen LogP contribution in [0.5, 0.6) is 0 Å². The molecule has 1 atom stereocenters. The first-order valence-corrected chi connectivity index (χ1v) is 7.19. The van der Waals surface area contributed by atoms with Crippen LogP contribution in [-0.2, 0) is 15.3 Å². The fourth-order valence-electron chi connectivity index (χ4n) is 1.66. The van der Waals surface area contributed by atoms with E-state index in [2.05, 4.69) is 23.5 Å². The van der Waals surface area contributed by atoms with Crippen molar-refractivity contribution in [1.82, 2.24) is 5.32 Å². The van der Waals surface area contributed by atoms with Gasteiger partial charge >= 0.3 is 5.97 Å². The summed E-state index contributed by atoms with van der Waals surface area (Å²) in [7, 11) is 0. The molecule has 5 heteroatoms. The summed E-state index contributed by atoms with van der Waals surface area (Å²) in [6.45, 7) is 5.40. The maximum Gasteiger partial charge on any atom is 0.327 e. The van der Waals surface area contributed by atoms with E-state index in [1.807, 2.05) is 13.8 Å². The number of hydrogen-bond donors (Lipinski definition) is 2. The van der Waals surface area contributed by atoms with Crippen molar-refractivity contribution in [3.05, 3.63) is 34.9 Å². The summed E-state index contributed by atoms with van der Waals surface area (Å²) in [4.78, 5) is 21.9. The normalized spacial score (nSPS) is 11.9. The van der Waals surface area contributed by atoms with Crippen LogP contribution in [0, 0.1) is 13.8 Å². The maximum absolute atomic E-state index is 11.0. The number of carbonyl (C=O) groups is 2. The number of thioether (sulfide) groups is 1. The topological polar surface area (TPSA) is 66.4 Å². The van der Waals surface area contributed by atoms with E-state index in [9.17, 15) is 9.59 Å². The van der Waals surface area contributed by atoms with Crippen molar-refractivity contribution in [3.8, 4) is 0 Å². The lowest BCUT2D eigenvalue weighted by Crippen LogP contribution is -2.41. The molecule has 0 bridgehead atoms. The Morgan fingerprint density at radius 2 is 2.05 bits per heavy atom. The molecule has 1 rings (SSSR count). The molecular weight excluding hydrogens is 262 g/mol. The zero-order valence-corrected chi connectivity index (χ0v) is 12.2. The Hall–Kier alpha value is -1.49. The largest absolute Gasteiger partial charge is 0.480 e. The fraction of sp³-hybridized carbons (Fsp3) is 0.429. The molecule has 0 aliphatic rings. The van der Waals surface area contributed by atoms with Crippen LogP contribution >= 0.6 is 11.8 Å². The highest BCUT2D eigenvalue weighted by molar-refractivity contribution is 7.98. The monoisotopic (exact) mass is 281 g/mol. The Balaban J connectivity index is 2.54. The van der Waals surface area contributed by atoms with Gasteiger partial charge in [0.1, 0.15) is 6.04 Å². The van der Waals surface area contributed by atoms with Gasteiger partial charge in [-0.1, -0.05) is 23.8 Å². The van der Waals surface area contributed by atoms with Crippen LogP contribution < -0.4 is 5.32 Å². The minimum Gasteiger partial charge on any atom is -0.480 e. The van der Waals surface area contributed by atoms with Crippen molar-refractivity contribution >= 4 is 23.6 Å². The standard InChI is InChI=1S/C14H19NO3S/c1-9-4-5-10(2)12(6-9)7-19-8-13(14(17)18)15-11(3)16/h4-6,13H,7-8H2,1-3H3,(H,15,16)(H,17,18)/t13-/m0/s1. The third-order valence-corrected chi connectivity index (χ3v) is 3.81. The molecular formula is C14H19NO3S. The highest BCUT2D eigenvalue weighted by atomic mass is 32.2. The first-order chi connectivity index (χ1) is 8.90. The molecule has 0 saturated carbocycles. The van der Waals surface area contributed by atoms with E-state index in [-0.39, 0.29) is 5.91 Å². The molecule has 0 aliphatic carbocycles. The van der Waals surface area contributed by atoms with E-state index >= 15 is 0 Å². The molecule has 19 heavy (non-hydrogen) atoms. The van der Waals surface area contributed by atoms with Crippen molar-refractivity contribution < 1.29 is 14.7 Å². The smallest absolute Gasteiger partial charge is 0.327 e. The predicted octanol–water partition coefficient (Wildman–Crippen LogP) is 2.13. The van der Waals surface area contributed by atoms with Gasteiger partial charge < -0.3 is 10.4 Å². The number of aliphatic carboxylic acids is 1. The van der Waals surface area contributed by atoms with Gasteiger partial charge in [0.25, 0.3) is 0 Å². The predicted molar refractivity (Wildman–Crippen MR) is 77.3 cm³/mol. The molecule has 0 spiro atoms. The van der Waals surface area contributed by atoms with Gasteiger partial charge in [0.2, 0.25) is 5.91 Å². The first kappa shape index (κ1) is 15.6. The van der Waals surface area contributed by atoms with Crippen molar-refractivity contribution in [2.24, 2.45) is 0 Å². The molecule has 0 radical (unpaired) electrons. The van der Waals surface area contributed by atoms with E-state index in [0.717, 1.165) is 5.75 Å². The summed E-state index contributed by atoms with van der Waals surface area (Å²) in [5, 5.41) is 11.4. The summed E-state index contributed by atoms with van der Waals surface area (Å²) in [5.74, 6) is -0.206. The van der Waals surface area contributed by atoms with Gasteiger partial charge in [-0.2, -0.15) is 11.8 Å². The molecule has 0 fully saturated rings. The van der Waals surface area contributed by atoms with Gasteiger partial charge in [0.05, 0.1) is 0 Å². The summed E-state index contributed by atoms with van der Waals surface area (Å²) in [6.07, 6.45) is 0. The average Bonchev–Trinajstić information content (AvgIpc) is 2.31.